The Morgan fingerprint density at radius 2 is 1.95 bits per heavy atom. The summed E-state index contributed by atoms with van der Waals surface area (Å²) in [6.45, 7) is 1.78. The van der Waals surface area contributed by atoms with Crippen LogP contribution < -0.4 is 10.5 Å². The molecule has 0 radical (unpaired) electrons. The van der Waals surface area contributed by atoms with Gasteiger partial charge in [-0.2, -0.15) is 0 Å². The molecule has 0 saturated heterocycles. The van der Waals surface area contributed by atoms with Gasteiger partial charge < -0.3 is 15.6 Å². The lowest BCUT2D eigenvalue weighted by atomic mass is 10.0. The fourth-order valence-electron chi connectivity index (χ4n) is 1.70. The Kier molecular flexibility index (Phi) is 3.44. The Balaban J connectivity index is 2.48. The van der Waals surface area contributed by atoms with Gasteiger partial charge in [0.15, 0.2) is 11.5 Å². The second-order valence-electron chi connectivity index (χ2n) is 4.18. The molecule has 0 amide bonds. The van der Waals surface area contributed by atoms with Crippen molar-refractivity contribution in [1.29, 1.82) is 0 Å². The molecule has 1 aromatic heterocycles. The van der Waals surface area contributed by atoms with Crippen molar-refractivity contribution in [2.24, 2.45) is 0 Å². The quantitative estimate of drug-likeness (QED) is 0.888. The Morgan fingerprint density at radius 1 is 1.25 bits per heavy atom. The molecule has 0 aliphatic rings. The van der Waals surface area contributed by atoms with Crippen LogP contribution >= 0.6 is 0 Å². The van der Waals surface area contributed by atoms with E-state index in [1.807, 2.05) is 0 Å². The number of nitrogens with two attached hydrogens (primary N) is 1. The van der Waals surface area contributed by atoms with Crippen molar-refractivity contribution in [3.05, 3.63) is 36.0 Å². The van der Waals surface area contributed by atoms with E-state index in [0.717, 1.165) is 17.7 Å². The average molecular weight is 284 g/mol. The molecule has 106 valence electrons. The van der Waals surface area contributed by atoms with Crippen LogP contribution in [-0.2, 0) is 0 Å². The number of aromatic hydroxyl groups is 1. The van der Waals surface area contributed by atoms with E-state index >= 15 is 0 Å². The predicted molar refractivity (Wildman–Crippen MR) is 67.2 cm³/mol. The van der Waals surface area contributed by atoms with E-state index in [9.17, 15) is 18.3 Å². The topological polar surface area (TPSA) is 68.4 Å². The van der Waals surface area contributed by atoms with Crippen molar-refractivity contribution in [3.8, 4) is 22.6 Å². The van der Waals surface area contributed by atoms with Gasteiger partial charge in [-0.25, -0.2) is 4.98 Å². The molecule has 0 aliphatic carbocycles. The molecule has 3 N–H and O–H groups in total. The van der Waals surface area contributed by atoms with E-state index in [4.69, 9.17) is 5.73 Å². The molecular weight excluding hydrogens is 273 g/mol. The highest BCUT2D eigenvalue weighted by molar-refractivity contribution is 5.76. The molecule has 0 bridgehead atoms. The molecule has 0 atom stereocenters. The summed E-state index contributed by atoms with van der Waals surface area (Å²) >= 11 is 0. The summed E-state index contributed by atoms with van der Waals surface area (Å²) in [6, 6.07) is 5.30. The maximum atomic E-state index is 12.2. The third-order valence-corrected chi connectivity index (χ3v) is 2.55. The summed E-state index contributed by atoms with van der Waals surface area (Å²) in [6.07, 6.45) is -3.33. The number of benzene rings is 1. The van der Waals surface area contributed by atoms with Gasteiger partial charge in [0.05, 0.1) is 0 Å². The van der Waals surface area contributed by atoms with E-state index in [-0.39, 0.29) is 5.82 Å². The molecule has 0 spiro atoms. The average Bonchev–Trinajstić information content (AvgIpc) is 2.33. The third kappa shape index (κ3) is 3.11. The van der Waals surface area contributed by atoms with Crippen molar-refractivity contribution in [2.45, 2.75) is 13.3 Å². The number of alkyl halides is 3. The number of hydrogen-bond acceptors (Lipinski definition) is 4. The lowest BCUT2D eigenvalue weighted by molar-refractivity contribution is -0.275. The normalized spacial score (nSPS) is 11.4. The first-order chi connectivity index (χ1) is 9.26. The van der Waals surface area contributed by atoms with E-state index in [1.165, 1.54) is 6.07 Å². The molecule has 2 aromatic rings. The summed E-state index contributed by atoms with van der Waals surface area (Å²) in [5, 5.41) is 9.40. The zero-order valence-corrected chi connectivity index (χ0v) is 10.4. The number of aromatic nitrogens is 1. The Morgan fingerprint density at radius 3 is 2.60 bits per heavy atom. The summed E-state index contributed by atoms with van der Waals surface area (Å²) in [7, 11) is 0. The van der Waals surface area contributed by atoms with E-state index in [1.54, 1.807) is 19.2 Å². The van der Waals surface area contributed by atoms with Crippen LogP contribution in [0.25, 0.3) is 11.1 Å². The van der Waals surface area contributed by atoms with Gasteiger partial charge in [0.1, 0.15) is 5.82 Å². The first-order valence-corrected chi connectivity index (χ1v) is 5.57. The number of hydrogen-bond donors (Lipinski definition) is 2. The van der Waals surface area contributed by atoms with Crippen LogP contribution in [0.5, 0.6) is 11.5 Å². The molecule has 0 saturated carbocycles. The van der Waals surface area contributed by atoms with Crippen LogP contribution in [0.2, 0.25) is 0 Å². The summed E-state index contributed by atoms with van der Waals surface area (Å²) in [5.74, 6) is -1.11. The molecule has 7 heteroatoms. The van der Waals surface area contributed by atoms with Gasteiger partial charge >= 0.3 is 6.36 Å². The maximum absolute atomic E-state index is 12.2. The molecule has 0 unspecified atom stereocenters. The Bertz CT molecular complexity index is 642. The van der Waals surface area contributed by atoms with Crippen molar-refractivity contribution < 1.29 is 23.0 Å². The van der Waals surface area contributed by atoms with Crippen LogP contribution in [0.3, 0.4) is 0 Å². The molecule has 1 heterocycles. The van der Waals surface area contributed by atoms with E-state index in [2.05, 4.69) is 9.72 Å². The highest BCUT2D eigenvalue weighted by Gasteiger charge is 2.32. The number of nitrogens with zero attached hydrogens (tertiary/aromatic N) is 1. The molecule has 4 nitrogen and oxygen atoms in total. The van der Waals surface area contributed by atoms with E-state index < -0.39 is 17.9 Å². The van der Waals surface area contributed by atoms with Gasteiger partial charge in [0.25, 0.3) is 0 Å². The summed E-state index contributed by atoms with van der Waals surface area (Å²) < 4.78 is 40.4. The highest BCUT2D eigenvalue weighted by atomic mass is 19.4. The second kappa shape index (κ2) is 4.92. The van der Waals surface area contributed by atoms with Crippen LogP contribution in [0.1, 0.15) is 5.56 Å². The fourth-order valence-corrected chi connectivity index (χ4v) is 1.70. The summed E-state index contributed by atoms with van der Waals surface area (Å²) in [4.78, 5) is 3.93. The lowest BCUT2D eigenvalue weighted by Crippen LogP contribution is -2.17. The van der Waals surface area contributed by atoms with Crippen LogP contribution in [-0.4, -0.2) is 16.5 Å². The number of ether oxygens (including phenoxy) is 1. The van der Waals surface area contributed by atoms with Crippen molar-refractivity contribution >= 4 is 5.82 Å². The van der Waals surface area contributed by atoms with Crippen LogP contribution in [0.4, 0.5) is 19.0 Å². The maximum Gasteiger partial charge on any atom is 0.573 e. The largest absolute Gasteiger partial charge is 0.573 e. The third-order valence-electron chi connectivity index (χ3n) is 2.55. The minimum Gasteiger partial charge on any atom is -0.504 e. The first kappa shape index (κ1) is 14.0. The lowest BCUT2D eigenvalue weighted by Gasteiger charge is -2.12. The summed E-state index contributed by atoms with van der Waals surface area (Å²) in [5.41, 5.74) is 7.35. The first-order valence-electron chi connectivity index (χ1n) is 5.57. The molecule has 1 aromatic carbocycles. The number of phenolic OH excluding ortho intramolecular Hbond substituents is 1. The monoisotopic (exact) mass is 284 g/mol. The number of pyridine rings is 1. The SMILES string of the molecule is Cc1cnc(N)c(-c2ccc(O)c(OC(F)(F)F)c2)c1. The fraction of sp³-hybridized carbons (Fsp3) is 0.154. The number of anilines is 1. The van der Waals surface area contributed by atoms with Crippen molar-refractivity contribution in [3.63, 3.8) is 0 Å². The molecule has 20 heavy (non-hydrogen) atoms. The zero-order chi connectivity index (χ0) is 14.9. The number of halogens is 3. The van der Waals surface area contributed by atoms with Crippen LogP contribution in [0, 0.1) is 6.92 Å². The Hall–Kier alpha value is -2.44. The minimum atomic E-state index is -4.88. The standard InChI is InChI=1S/C13H11F3N2O2/c1-7-4-9(12(17)18-6-7)8-2-3-10(19)11(5-8)20-13(14,15)16/h2-6,19H,1H3,(H2,17,18). The number of rotatable bonds is 2. The smallest absolute Gasteiger partial charge is 0.504 e. The van der Waals surface area contributed by atoms with Gasteiger partial charge in [0, 0.05) is 11.8 Å². The van der Waals surface area contributed by atoms with Crippen LogP contribution in [0.15, 0.2) is 30.5 Å². The van der Waals surface area contributed by atoms with Gasteiger partial charge in [-0.1, -0.05) is 6.07 Å². The van der Waals surface area contributed by atoms with Crippen molar-refractivity contribution in [1.82, 2.24) is 4.98 Å². The van der Waals surface area contributed by atoms with Gasteiger partial charge in [0.2, 0.25) is 0 Å². The van der Waals surface area contributed by atoms with Crippen molar-refractivity contribution in [2.75, 3.05) is 5.73 Å². The molecule has 2 rings (SSSR count). The number of nitrogen functional groups attached to an aromatic ring is 1. The molecular formula is C13H11F3N2O2. The number of aryl methyl sites for hydroxylation is 1. The number of phenols is 1. The van der Waals surface area contributed by atoms with Gasteiger partial charge in [-0.15, -0.1) is 13.2 Å². The Labute approximate surface area is 112 Å². The highest BCUT2D eigenvalue weighted by Crippen LogP contribution is 2.36. The minimum absolute atomic E-state index is 0.180. The molecule has 0 aliphatic heterocycles. The predicted octanol–water partition coefficient (Wildman–Crippen LogP) is 3.24. The molecule has 0 fully saturated rings. The second-order valence-corrected chi connectivity index (χ2v) is 4.18. The van der Waals surface area contributed by atoms with Gasteiger partial charge in [-0.05, 0) is 36.2 Å². The zero-order valence-electron chi connectivity index (χ0n) is 10.4. The van der Waals surface area contributed by atoms with E-state index in [0.29, 0.717) is 11.1 Å². The van der Waals surface area contributed by atoms with Gasteiger partial charge in [-0.3, -0.25) is 0 Å².